The predicted molar refractivity (Wildman–Crippen MR) is 116 cm³/mol. The van der Waals surface area contributed by atoms with Crippen LogP contribution in [0.3, 0.4) is 0 Å². The number of nitrogens with zero attached hydrogens (tertiary/aromatic N) is 1. The Balaban J connectivity index is 1.75. The summed E-state index contributed by atoms with van der Waals surface area (Å²) in [6, 6.07) is 17.0. The summed E-state index contributed by atoms with van der Waals surface area (Å²) < 4.78 is 5.18. The molecule has 0 bridgehead atoms. The van der Waals surface area contributed by atoms with Crippen LogP contribution in [0.15, 0.2) is 77.4 Å². The average Bonchev–Trinajstić information content (AvgIpc) is 3.38. The van der Waals surface area contributed by atoms with Crippen molar-refractivity contribution in [1.82, 2.24) is 4.90 Å². The van der Waals surface area contributed by atoms with Crippen LogP contribution in [0.5, 0.6) is 5.75 Å². The second-order valence-corrected chi connectivity index (χ2v) is 8.19. The lowest BCUT2D eigenvalue weighted by Crippen LogP contribution is -2.30. The minimum absolute atomic E-state index is 0.0817. The van der Waals surface area contributed by atoms with Crippen LogP contribution in [0.25, 0.3) is 0 Å². The monoisotopic (exact) mass is 439 g/mol. The molecule has 1 amide bonds. The zero-order chi connectivity index (χ0) is 21.3. The number of methoxy groups -OCH3 is 1. The normalized spacial score (nSPS) is 16.3. The molecule has 1 aliphatic rings. The zero-order valence-corrected chi connectivity index (χ0v) is 17.6. The lowest BCUT2D eigenvalue weighted by Gasteiger charge is -2.27. The Morgan fingerprint density at radius 2 is 1.83 bits per heavy atom. The summed E-state index contributed by atoms with van der Waals surface area (Å²) in [5, 5.41) is 13.0. The van der Waals surface area contributed by atoms with Gasteiger partial charge in [-0.3, -0.25) is 9.59 Å². The van der Waals surface area contributed by atoms with Gasteiger partial charge in [-0.2, -0.15) is 0 Å². The number of hydrogen-bond acceptors (Lipinski definition) is 5. The molecule has 0 aliphatic carbocycles. The average molecular weight is 440 g/mol. The molecule has 5 nitrogen and oxygen atoms in total. The number of rotatable bonds is 6. The molecule has 1 atom stereocenters. The number of aliphatic hydroxyl groups excluding tert-OH is 1. The van der Waals surface area contributed by atoms with Crippen molar-refractivity contribution < 1.29 is 19.4 Å². The molecular formula is C23H18ClNO4S. The Labute approximate surface area is 182 Å². The molecule has 1 unspecified atom stereocenters. The Kier molecular flexibility index (Phi) is 5.61. The third-order valence-electron chi connectivity index (χ3n) is 4.99. The van der Waals surface area contributed by atoms with Gasteiger partial charge in [-0.1, -0.05) is 41.9 Å². The molecule has 1 aliphatic heterocycles. The topological polar surface area (TPSA) is 66.8 Å². The van der Waals surface area contributed by atoms with Gasteiger partial charge in [0.05, 0.1) is 23.6 Å². The molecule has 1 aromatic heterocycles. The highest BCUT2D eigenvalue weighted by atomic mass is 35.5. The first-order chi connectivity index (χ1) is 14.5. The smallest absolute Gasteiger partial charge is 0.290 e. The van der Waals surface area contributed by atoms with Crippen molar-refractivity contribution in [3.63, 3.8) is 0 Å². The molecule has 30 heavy (non-hydrogen) atoms. The Morgan fingerprint density at radius 1 is 1.13 bits per heavy atom. The summed E-state index contributed by atoms with van der Waals surface area (Å²) in [6.07, 6.45) is 0. The van der Waals surface area contributed by atoms with E-state index in [-0.39, 0.29) is 17.9 Å². The number of thiophene rings is 1. The second kappa shape index (κ2) is 8.34. The van der Waals surface area contributed by atoms with E-state index in [1.165, 1.54) is 16.2 Å². The Morgan fingerprint density at radius 3 is 2.43 bits per heavy atom. The molecule has 7 heteroatoms. The molecule has 2 aromatic carbocycles. The number of hydrogen-bond donors (Lipinski definition) is 1. The molecule has 0 fully saturated rings. The van der Waals surface area contributed by atoms with Crippen molar-refractivity contribution in [3.8, 4) is 5.75 Å². The van der Waals surface area contributed by atoms with Crippen LogP contribution in [0.4, 0.5) is 0 Å². The maximum absolute atomic E-state index is 13.2. The van der Waals surface area contributed by atoms with E-state index in [9.17, 15) is 14.7 Å². The highest BCUT2D eigenvalue weighted by Crippen LogP contribution is 2.40. The molecule has 0 saturated heterocycles. The van der Waals surface area contributed by atoms with Gasteiger partial charge >= 0.3 is 0 Å². The lowest BCUT2D eigenvalue weighted by atomic mass is 9.95. The van der Waals surface area contributed by atoms with E-state index >= 15 is 0 Å². The number of halogens is 1. The Hall–Kier alpha value is -3.09. The minimum Gasteiger partial charge on any atom is -0.503 e. The van der Waals surface area contributed by atoms with Crippen molar-refractivity contribution in [2.75, 3.05) is 7.11 Å². The van der Waals surface area contributed by atoms with Gasteiger partial charge in [0, 0.05) is 11.6 Å². The van der Waals surface area contributed by atoms with Gasteiger partial charge < -0.3 is 14.7 Å². The first kappa shape index (κ1) is 20.2. The van der Waals surface area contributed by atoms with E-state index in [2.05, 4.69) is 0 Å². The largest absolute Gasteiger partial charge is 0.503 e. The Bertz CT molecular complexity index is 1110. The molecule has 4 rings (SSSR count). The van der Waals surface area contributed by atoms with E-state index in [4.69, 9.17) is 16.3 Å². The minimum atomic E-state index is -0.716. The third-order valence-corrected chi connectivity index (χ3v) is 6.11. The van der Waals surface area contributed by atoms with Crippen LogP contribution >= 0.6 is 22.9 Å². The standard InChI is InChI=1S/C23H18ClNO4S/c1-29-17-10-4-14(5-11-17)13-25-20(15-6-8-16(24)9-7-15)19(22(27)23(25)28)21(26)18-3-2-12-30-18/h2-12,20,27H,13H2,1H3. The van der Waals surface area contributed by atoms with Gasteiger partial charge in [-0.05, 0) is 46.8 Å². The highest BCUT2D eigenvalue weighted by molar-refractivity contribution is 7.12. The zero-order valence-electron chi connectivity index (χ0n) is 16.0. The van der Waals surface area contributed by atoms with E-state index in [0.717, 1.165) is 5.56 Å². The maximum atomic E-state index is 13.2. The van der Waals surface area contributed by atoms with Gasteiger partial charge in [-0.15, -0.1) is 11.3 Å². The van der Waals surface area contributed by atoms with Crippen molar-refractivity contribution >= 4 is 34.6 Å². The van der Waals surface area contributed by atoms with Gasteiger partial charge in [-0.25, -0.2) is 0 Å². The van der Waals surface area contributed by atoms with Gasteiger partial charge in [0.2, 0.25) is 5.78 Å². The molecule has 2 heterocycles. The maximum Gasteiger partial charge on any atom is 0.290 e. The number of ether oxygens (including phenoxy) is 1. The number of aliphatic hydroxyl groups is 1. The number of benzene rings is 2. The number of ketones is 1. The second-order valence-electron chi connectivity index (χ2n) is 6.80. The first-order valence-corrected chi connectivity index (χ1v) is 10.5. The molecule has 1 N–H and O–H groups in total. The lowest BCUT2D eigenvalue weighted by molar-refractivity contribution is -0.130. The number of Topliss-reactive ketones (excluding diaryl/α,β-unsaturated/α-hetero) is 1. The van der Waals surface area contributed by atoms with Crippen LogP contribution in [0.2, 0.25) is 5.02 Å². The summed E-state index contributed by atoms with van der Waals surface area (Å²) >= 11 is 7.30. The third kappa shape index (κ3) is 3.72. The fourth-order valence-corrected chi connectivity index (χ4v) is 4.31. The molecular weight excluding hydrogens is 422 g/mol. The molecule has 0 saturated carbocycles. The van der Waals surface area contributed by atoms with E-state index in [1.807, 2.05) is 12.1 Å². The van der Waals surface area contributed by atoms with Crippen molar-refractivity contribution in [1.29, 1.82) is 0 Å². The summed E-state index contributed by atoms with van der Waals surface area (Å²) in [5.74, 6) is -0.740. The van der Waals surface area contributed by atoms with E-state index < -0.39 is 17.7 Å². The van der Waals surface area contributed by atoms with Crippen LogP contribution < -0.4 is 4.74 Å². The van der Waals surface area contributed by atoms with Gasteiger partial charge in [0.15, 0.2) is 5.76 Å². The molecule has 3 aromatic rings. The molecule has 0 radical (unpaired) electrons. The summed E-state index contributed by atoms with van der Waals surface area (Å²) in [4.78, 5) is 28.1. The summed E-state index contributed by atoms with van der Waals surface area (Å²) in [6.45, 7) is 0.224. The van der Waals surface area contributed by atoms with Crippen LogP contribution in [-0.2, 0) is 11.3 Å². The highest BCUT2D eigenvalue weighted by Gasteiger charge is 2.43. The van der Waals surface area contributed by atoms with E-state index in [0.29, 0.717) is 21.2 Å². The van der Waals surface area contributed by atoms with Crippen LogP contribution in [0.1, 0.15) is 26.8 Å². The summed E-state index contributed by atoms with van der Waals surface area (Å²) in [5.41, 5.74) is 1.63. The van der Waals surface area contributed by atoms with Gasteiger partial charge in [0.1, 0.15) is 5.75 Å². The number of carbonyl (C=O) groups excluding carboxylic acids is 2. The first-order valence-electron chi connectivity index (χ1n) is 9.20. The fraction of sp³-hybridized carbons (Fsp3) is 0.130. The number of amides is 1. The molecule has 0 spiro atoms. The van der Waals surface area contributed by atoms with Crippen LogP contribution in [-0.4, -0.2) is 28.8 Å². The number of carbonyl (C=O) groups is 2. The predicted octanol–water partition coefficient (Wildman–Crippen LogP) is 5.19. The summed E-state index contributed by atoms with van der Waals surface area (Å²) in [7, 11) is 1.58. The SMILES string of the molecule is COc1ccc(CN2C(=O)C(O)=C(C(=O)c3cccs3)C2c2ccc(Cl)cc2)cc1. The van der Waals surface area contributed by atoms with Crippen molar-refractivity contribution in [2.24, 2.45) is 0 Å². The van der Waals surface area contributed by atoms with Crippen molar-refractivity contribution in [2.45, 2.75) is 12.6 Å². The quantitative estimate of drug-likeness (QED) is 0.537. The van der Waals surface area contributed by atoms with Crippen molar-refractivity contribution in [3.05, 3.63) is 98.4 Å². The fourth-order valence-electron chi connectivity index (χ4n) is 3.51. The molecule has 152 valence electrons. The van der Waals surface area contributed by atoms with Crippen LogP contribution in [0, 0.1) is 0 Å². The van der Waals surface area contributed by atoms with E-state index in [1.54, 1.807) is 61.0 Å². The van der Waals surface area contributed by atoms with Gasteiger partial charge in [0.25, 0.3) is 5.91 Å².